The average molecular weight is 325 g/mol. The number of benzene rings is 1. The number of rotatable bonds is 4. The van der Waals surface area contributed by atoms with Gasteiger partial charge < -0.3 is 15.0 Å². The number of likely N-dealkylation sites (tertiary alicyclic amines) is 1. The number of carbonyl (C=O) groups excluding carboxylic acids is 1. The maximum absolute atomic E-state index is 12.6. The van der Waals surface area contributed by atoms with Crippen molar-refractivity contribution in [1.29, 1.82) is 0 Å². The Hall–Kier alpha value is -2.56. The van der Waals surface area contributed by atoms with E-state index in [1.807, 2.05) is 54.4 Å². The van der Waals surface area contributed by atoms with Gasteiger partial charge in [-0.3, -0.25) is 0 Å². The van der Waals surface area contributed by atoms with Gasteiger partial charge in [0.05, 0.1) is 6.04 Å². The normalized spacial score (nSPS) is 17.4. The van der Waals surface area contributed by atoms with E-state index in [2.05, 4.69) is 10.3 Å². The smallest absolute Gasteiger partial charge is 0.410 e. The highest BCUT2D eigenvalue weighted by Gasteiger charge is 2.30. The van der Waals surface area contributed by atoms with Gasteiger partial charge in [-0.15, -0.1) is 0 Å². The molecule has 0 spiro atoms. The first-order chi connectivity index (χ1) is 11.8. The molecule has 1 unspecified atom stereocenters. The van der Waals surface area contributed by atoms with Crippen molar-refractivity contribution in [2.75, 3.05) is 18.9 Å². The first-order valence-electron chi connectivity index (χ1n) is 8.39. The van der Waals surface area contributed by atoms with Gasteiger partial charge >= 0.3 is 6.09 Å². The molecule has 1 saturated heterocycles. The molecule has 1 aromatic heterocycles. The summed E-state index contributed by atoms with van der Waals surface area (Å²) in [6, 6.07) is 13.7. The molecule has 0 radical (unpaired) electrons. The molecule has 0 bridgehead atoms. The van der Waals surface area contributed by atoms with Crippen LogP contribution in [0.1, 0.15) is 36.4 Å². The number of pyridine rings is 1. The van der Waals surface area contributed by atoms with Gasteiger partial charge in [-0.2, -0.15) is 0 Å². The Morgan fingerprint density at radius 3 is 2.88 bits per heavy atom. The van der Waals surface area contributed by atoms with Crippen LogP contribution in [0.25, 0.3) is 0 Å². The second-order valence-corrected chi connectivity index (χ2v) is 5.94. The van der Waals surface area contributed by atoms with Crippen LogP contribution in [0.4, 0.5) is 10.6 Å². The van der Waals surface area contributed by atoms with E-state index in [0.29, 0.717) is 6.61 Å². The van der Waals surface area contributed by atoms with Crippen molar-refractivity contribution < 1.29 is 9.53 Å². The first-order valence-corrected chi connectivity index (χ1v) is 8.39. The quantitative estimate of drug-likeness (QED) is 0.923. The molecule has 1 aromatic carbocycles. The minimum Gasteiger partial charge on any atom is -0.445 e. The maximum Gasteiger partial charge on any atom is 0.410 e. The summed E-state index contributed by atoms with van der Waals surface area (Å²) >= 11 is 0. The molecule has 2 heterocycles. The zero-order chi connectivity index (χ0) is 16.8. The molecule has 2 aromatic rings. The monoisotopic (exact) mass is 325 g/mol. The van der Waals surface area contributed by atoms with Crippen molar-refractivity contribution in [2.24, 2.45) is 0 Å². The third-order valence-corrected chi connectivity index (χ3v) is 4.38. The molecule has 1 aliphatic rings. The number of hydrogen-bond acceptors (Lipinski definition) is 4. The number of nitrogens with zero attached hydrogens (tertiary/aromatic N) is 2. The van der Waals surface area contributed by atoms with E-state index in [0.717, 1.165) is 42.8 Å². The molecule has 0 saturated carbocycles. The Morgan fingerprint density at radius 2 is 2.08 bits per heavy atom. The van der Waals surface area contributed by atoms with Crippen molar-refractivity contribution >= 4 is 11.9 Å². The van der Waals surface area contributed by atoms with Gasteiger partial charge in [0.15, 0.2) is 0 Å². The lowest BCUT2D eigenvalue weighted by Crippen LogP contribution is -2.39. The zero-order valence-electron chi connectivity index (χ0n) is 13.9. The molecule has 3 rings (SSSR count). The highest BCUT2D eigenvalue weighted by atomic mass is 16.6. The van der Waals surface area contributed by atoms with Crippen LogP contribution < -0.4 is 5.32 Å². The second-order valence-electron chi connectivity index (χ2n) is 5.94. The van der Waals surface area contributed by atoms with Crippen LogP contribution in [0, 0.1) is 0 Å². The van der Waals surface area contributed by atoms with Crippen molar-refractivity contribution in [1.82, 2.24) is 9.88 Å². The number of aromatic nitrogens is 1. The number of piperidine rings is 1. The van der Waals surface area contributed by atoms with Crippen molar-refractivity contribution in [3.63, 3.8) is 0 Å². The topological polar surface area (TPSA) is 54.5 Å². The van der Waals surface area contributed by atoms with Crippen LogP contribution in [-0.4, -0.2) is 29.6 Å². The summed E-state index contributed by atoms with van der Waals surface area (Å²) in [5.74, 6) is 0.824. The molecular weight excluding hydrogens is 302 g/mol. The van der Waals surface area contributed by atoms with E-state index in [1.54, 1.807) is 6.20 Å². The summed E-state index contributed by atoms with van der Waals surface area (Å²) < 4.78 is 5.54. The minimum atomic E-state index is -0.255. The van der Waals surface area contributed by atoms with Gasteiger partial charge in [-0.25, -0.2) is 9.78 Å². The van der Waals surface area contributed by atoms with Crippen LogP contribution in [0.3, 0.4) is 0 Å². The minimum absolute atomic E-state index is 0.0122. The van der Waals surface area contributed by atoms with Crippen LogP contribution in [0.15, 0.2) is 48.7 Å². The molecule has 0 aliphatic carbocycles. The summed E-state index contributed by atoms with van der Waals surface area (Å²) in [5.41, 5.74) is 2.05. The molecule has 1 N–H and O–H groups in total. The molecular formula is C19H23N3O2. The average Bonchev–Trinajstić information content (AvgIpc) is 2.67. The van der Waals surface area contributed by atoms with Crippen molar-refractivity contribution in [3.8, 4) is 0 Å². The van der Waals surface area contributed by atoms with E-state index in [-0.39, 0.29) is 12.1 Å². The fourth-order valence-electron chi connectivity index (χ4n) is 3.17. The Morgan fingerprint density at radius 1 is 1.25 bits per heavy atom. The highest BCUT2D eigenvalue weighted by Crippen LogP contribution is 2.34. The number of carbonyl (C=O) groups is 1. The summed E-state index contributed by atoms with van der Waals surface area (Å²) in [6.45, 7) is 1.02. The van der Waals surface area contributed by atoms with E-state index in [4.69, 9.17) is 4.74 Å². The third-order valence-electron chi connectivity index (χ3n) is 4.38. The lowest BCUT2D eigenvalue weighted by atomic mass is 9.96. The molecule has 1 fully saturated rings. The van der Waals surface area contributed by atoms with E-state index in [9.17, 15) is 4.79 Å². The number of amides is 1. The Balaban J connectivity index is 1.73. The fourth-order valence-corrected chi connectivity index (χ4v) is 3.17. The van der Waals surface area contributed by atoms with Gasteiger partial charge in [0, 0.05) is 25.4 Å². The second kappa shape index (κ2) is 7.81. The van der Waals surface area contributed by atoms with E-state index < -0.39 is 0 Å². The molecule has 1 atom stereocenters. The van der Waals surface area contributed by atoms with Gasteiger partial charge in [0.2, 0.25) is 0 Å². The van der Waals surface area contributed by atoms with Crippen molar-refractivity contribution in [3.05, 3.63) is 59.8 Å². The first kappa shape index (κ1) is 16.3. The largest absolute Gasteiger partial charge is 0.445 e. The molecule has 5 heteroatoms. The lowest BCUT2D eigenvalue weighted by molar-refractivity contribution is 0.0680. The predicted octanol–water partition coefficient (Wildman–Crippen LogP) is 3.99. The summed E-state index contributed by atoms with van der Waals surface area (Å²) in [6.07, 6.45) is 4.54. The standard InChI is InChI=1S/C19H23N3O2/c1-20-18-16(10-7-12-21-18)17-11-5-6-13-22(17)19(23)24-14-15-8-3-2-4-9-15/h2-4,7-10,12,17H,5-6,11,13-14H2,1H3,(H,20,21). The Kier molecular flexibility index (Phi) is 5.31. The van der Waals surface area contributed by atoms with Gasteiger partial charge in [-0.1, -0.05) is 36.4 Å². The Labute approximate surface area is 142 Å². The number of ether oxygens (including phenoxy) is 1. The lowest BCUT2D eigenvalue weighted by Gasteiger charge is -2.35. The molecule has 24 heavy (non-hydrogen) atoms. The van der Waals surface area contributed by atoms with Crippen LogP contribution in [-0.2, 0) is 11.3 Å². The van der Waals surface area contributed by atoms with Gasteiger partial charge in [0.25, 0.3) is 0 Å². The molecule has 126 valence electrons. The predicted molar refractivity (Wildman–Crippen MR) is 93.7 cm³/mol. The summed E-state index contributed by atoms with van der Waals surface area (Å²) in [4.78, 5) is 18.8. The molecule has 5 nitrogen and oxygen atoms in total. The number of nitrogens with one attached hydrogen (secondary N) is 1. The van der Waals surface area contributed by atoms with Crippen LogP contribution in [0.2, 0.25) is 0 Å². The summed E-state index contributed by atoms with van der Waals surface area (Å²) in [7, 11) is 1.85. The summed E-state index contributed by atoms with van der Waals surface area (Å²) in [5, 5.41) is 3.12. The highest BCUT2D eigenvalue weighted by molar-refractivity contribution is 5.69. The van der Waals surface area contributed by atoms with E-state index >= 15 is 0 Å². The van der Waals surface area contributed by atoms with E-state index in [1.165, 1.54) is 0 Å². The Bertz CT molecular complexity index is 675. The van der Waals surface area contributed by atoms with Gasteiger partial charge in [-0.05, 0) is 30.9 Å². The number of hydrogen-bond donors (Lipinski definition) is 1. The van der Waals surface area contributed by atoms with Crippen LogP contribution in [0.5, 0.6) is 0 Å². The number of anilines is 1. The maximum atomic E-state index is 12.6. The van der Waals surface area contributed by atoms with Gasteiger partial charge in [0.1, 0.15) is 12.4 Å². The fraction of sp³-hybridized carbons (Fsp3) is 0.368. The SMILES string of the molecule is CNc1ncccc1C1CCCCN1C(=O)OCc1ccccc1. The third kappa shape index (κ3) is 3.67. The molecule has 1 amide bonds. The molecule has 1 aliphatic heterocycles. The van der Waals surface area contributed by atoms with Crippen LogP contribution >= 0.6 is 0 Å². The van der Waals surface area contributed by atoms with Crippen molar-refractivity contribution in [2.45, 2.75) is 31.9 Å². The zero-order valence-corrected chi connectivity index (χ0v) is 13.9.